The van der Waals surface area contributed by atoms with Gasteiger partial charge in [-0.15, -0.1) is 0 Å². The smallest absolute Gasteiger partial charge is 0.339 e. The standard InChI is InChI=1S/C24H20FNO5/c1-26-23(27)21-17-11-14(15-5-9-19(30-2)18(12-15)24(28)29)6-10-20(17)31-22(21)13-3-7-16(25)8-4-13/h3-12,21-22H,1-2H3,(H,26,27)(H,28,29). The summed E-state index contributed by atoms with van der Waals surface area (Å²) >= 11 is 0. The Labute approximate surface area is 178 Å². The summed E-state index contributed by atoms with van der Waals surface area (Å²) in [6.07, 6.45) is -0.601. The van der Waals surface area contributed by atoms with Crippen LogP contribution >= 0.6 is 0 Å². The van der Waals surface area contributed by atoms with Gasteiger partial charge in [-0.1, -0.05) is 24.3 Å². The van der Waals surface area contributed by atoms with Crippen molar-refractivity contribution < 1.29 is 28.6 Å². The molecule has 0 spiro atoms. The molecule has 2 unspecified atom stereocenters. The number of amides is 1. The van der Waals surface area contributed by atoms with Crippen LogP contribution in [0.4, 0.5) is 4.39 Å². The summed E-state index contributed by atoms with van der Waals surface area (Å²) in [5.74, 6) is -1.51. The highest BCUT2D eigenvalue weighted by molar-refractivity contribution is 5.93. The van der Waals surface area contributed by atoms with Gasteiger partial charge in [-0.3, -0.25) is 4.79 Å². The van der Waals surface area contributed by atoms with Crippen molar-refractivity contribution in [3.05, 3.63) is 83.2 Å². The molecule has 158 valence electrons. The van der Waals surface area contributed by atoms with Crippen molar-refractivity contribution in [1.29, 1.82) is 0 Å². The summed E-state index contributed by atoms with van der Waals surface area (Å²) < 4.78 is 24.6. The molecule has 1 aliphatic rings. The largest absolute Gasteiger partial charge is 0.496 e. The van der Waals surface area contributed by atoms with Gasteiger partial charge in [0.15, 0.2) is 0 Å². The number of rotatable bonds is 5. The summed E-state index contributed by atoms with van der Waals surface area (Å²) in [6, 6.07) is 16.1. The lowest BCUT2D eigenvalue weighted by molar-refractivity contribution is -0.123. The minimum Gasteiger partial charge on any atom is -0.496 e. The Bertz CT molecular complexity index is 1160. The lowest BCUT2D eigenvalue weighted by Crippen LogP contribution is -2.28. The fraction of sp³-hybridized carbons (Fsp3) is 0.167. The van der Waals surface area contributed by atoms with Crippen LogP contribution in [0, 0.1) is 5.82 Å². The first-order valence-corrected chi connectivity index (χ1v) is 9.62. The van der Waals surface area contributed by atoms with Crippen LogP contribution in [0.25, 0.3) is 11.1 Å². The number of aromatic carboxylic acids is 1. The predicted molar refractivity (Wildman–Crippen MR) is 112 cm³/mol. The van der Waals surface area contributed by atoms with Gasteiger partial charge in [0.1, 0.15) is 34.9 Å². The molecule has 0 bridgehead atoms. The summed E-state index contributed by atoms with van der Waals surface area (Å²) in [7, 11) is 2.96. The zero-order chi connectivity index (χ0) is 22.1. The van der Waals surface area contributed by atoms with Crippen molar-refractivity contribution in [1.82, 2.24) is 5.32 Å². The second kappa shape index (κ2) is 8.10. The van der Waals surface area contributed by atoms with Gasteiger partial charge in [0, 0.05) is 12.6 Å². The third-order valence-corrected chi connectivity index (χ3v) is 5.39. The molecule has 1 amide bonds. The number of hydrogen-bond donors (Lipinski definition) is 2. The monoisotopic (exact) mass is 421 g/mol. The van der Waals surface area contributed by atoms with Crippen molar-refractivity contribution >= 4 is 11.9 Å². The molecule has 0 radical (unpaired) electrons. The Hall–Kier alpha value is -3.87. The van der Waals surface area contributed by atoms with E-state index in [4.69, 9.17) is 9.47 Å². The minimum atomic E-state index is -1.09. The maximum atomic E-state index is 13.4. The average Bonchev–Trinajstić information content (AvgIpc) is 3.17. The minimum absolute atomic E-state index is 0.0452. The number of benzene rings is 3. The average molecular weight is 421 g/mol. The normalized spacial score (nSPS) is 16.9. The number of nitrogens with one attached hydrogen (secondary N) is 1. The molecule has 0 aromatic heterocycles. The van der Waals surface area contributed by atoms with E-state index in [9.17, 15) is 19.1 Å². The number of carboxylic acids is 1. The van der Waals surface area contributed by atoms with Crippen molar-refractivity contribution in [2.45, 2.75) is 12.0 Å². The molecule has 2 atom stereocenters. The molecular weight excluding hydrogens is 401 g/mol. The van der Waals surface area contributed by atoms with Crippen molar-refractivity contribution in [3.8, 4) is 22.6 Å². The highest BCUT2D eigenvalue weighted by Crippen LogP contribution is 2.47. The highest BCUT2D eigenvalue weighted by atomic mass is 19.1. The molecule has 7 heteroatoms. The number of carboxylic acid groups (broad SMARTS) is 1. The number of carbonyl (C=O) groups excluding carboxylic acids is 1. The van der Waals surface area contributed by atoms with Crippen LogP contribution in [-0.2, 0) is 4.79 Å². The maximum absolute atomic E-state index is 13.4. The Morgan fingerprint density at radius 2 is 1.71 bits per heavy atom. The molecule has 31 heavy (non-hydrogen) atoms. The first-order chi connectivity index (χ1) is 14.9. The molecular formula is C24H20FNO5. The zero-order valence-corrected chi connectivity index (χ0v) is 16.9. The molecule has 2 N–H and O–H groups in total. The SMILES string of the molecule is CNC(=O)C1c2cc(-c3ccc(OC)c(C(=O)O)c3)ccc2OC1c1ccc(F)cc1. The van der Waals surface area contributed by atoms with Gasteiger partial charge in [-0.2, -0.15) is 0 Å². The third kappa shape index (κ3) is 3.70. The van der Waals surface area contributed by atoms with Gasteiger partial charge in [0.25, 0.3) is 0 Å². The molecule has 1 heterocycles. The van der Waals surface area contributed by atoms with E-state index in [1.54, 1.807) is 43.4 Å². The van der Waals surface area contributed by atoms with Gasteiger partial charge >= 0.3 is 5.97 Å². The van der Waals surface area contributed by atoms with Crippen molar-refractivity contribution in [3.63, 3.8) is 0 Å². The second-order valence-corrected chi connectivity index (χ2v) is 7.15. The Morgan fingerprint density at radius 3 is 2.35 bits per heavy atom. The topological polar surface area (TPSA) is 84.9 Å². The van der Waals surface area contributed by atoms with Gasteiger partial charge in [0.05, 0.1) is 7.11 Å². The van der Waals surface area contributed by atoms with Crippen LogP contribution in [0.2, 0.25) is 0 Å². The molecule has 4 rings (SSSR count). The molecule has 6 nitrogen and oxygen atoms in total. The van der Waals surface area contributed by atoms with E-state index in [1.165, 1.54) is 25.3 Å². The highest BCUT2D eigenvalue weighted by Gasteiger charge is 2.40. The number of fused-ring (bicyclic) bond motifs is 1. The predicted octanol–water partition coefficient (Wildman–Crippen LogP) is 4.16. The van der Waals surface area contributed by atoms with Gasteiger partial charge in [-0.25, -0.2) is 9.18 Å². The lowest BCUT2D eigenvalue weighted by atomic mass is 9.88. The molecule has 0 saturated heterocycles. The fourth-order valence-electron chi connectivity index (χ4n) is 3.85. The third-order valence-electron chi connectivity index (χ3n) is 5.39. The van der Waals surface area contributed by atoms with Crippen LogP contribution in [0.5, 0.6) is 11.5 Å². The van der Waals surface area contributed by atoms with Crippen LogP contribution in [0.3, 0.4) is 0 Å². The summed E-state index contributed by atoms with van der Waals surface area (Å²) in [5.41, 5.74) is 2.82. The van der Waals surface area contributed by atoms with Crippen LogP contribution in [-0.4, -0.2) is 31.1 Å². The summed E-state index contributed by atoms with van der Waals surface area (Å²) in [5, 5.41) is 12.1. The first-order valence-electron chi connectivity index (χ1n) is 9.62. The van der Waals surface area contributed by atoms with Crippen LogP contribution < -0.4 is 14.8 Å². The number of methoxy groups -OCH3 is 1. The number of ether oxygens (including phenoxy) is 2. The van der Waals surface area contributed by atoms with E-state index >= 15 is 0 Å². The molecule has 0 saturated carbocycles. The molecule has 3 aromatic carbocycles. The Kier molecular flexibility index (Phi) is 5.33. The number of carbonyl (C=O) groups is 2. The van der Waals surface area contributed by atoms with E-state index in [0.717, 1.165) is 5.56 Å². The number of hydrogen-bond acceptors (Lipinski definition) is 4. The van der Waals surface area contributed by atoms with Gasteiger partial charge in [0.2, 0.25) is 5.91 Å². The number of likely N-dealkylation sites (N-methyl/N-ethyl adjacent to an activating group) is 1. The maximum Gasteiger partial charge on any atom is 0.339 e. The van der Waals surface area contributed by atoms with Gasteiger partial charge in [-0.05, 0) is 53.1 Å². The van der Waals surface area contributed by atoms with Gasteiger partial charge < -0.3 is 19.9 Å². The Balaban J connectivity index is 1.78. The van der Waals surface area contributed by atoms with Crippen LogP contribution in [0.15, 0.2) is 60.7 Å². The number of halogens is 1. The van der Waals surface area contributed by atoms with E-state index < -0.39 is 18.0 Å². The second-order valence-electron chi connectivity index (χ2n) is 7.15. The zero-order valence-electron chi connectivity index (χ0n) is 16.9. The quantitative estimate of drug-likeness (QED) is 0.646. The molecule has 1 aliphatic heterocycles. The summed E-state index contributed by atoms with van der Waals surface area (Å²) in [4.78, 5) is 24.3. The van der Waals surface area contributed by atoms with E-state index in [0.29, 0.717) is 22.4 Å². The van der Waals surface area contributed by atoms with Crippen molar-refractivity contribution in [2.24, 2.45) is 0 Å². The summed E-state index contributed by atoms with van der Waals surface area (Å²) in [6.45, 7) is 0. The lowest BCUT2D eigenvalue weighted by Gasteiger charge is -2.18. The Morgan fingerprint density at radius 1 is 1.03 bits per heavy atom. The van der Waals surface area contributed by atoms with E-state index in [-0.39, 0.29) is 23.0 Å². The molecule has 0 aliphatic carbocycles. The van der Waals surface area contributed by atoms with E-state index in [1.807, 2.05) is 6.07 Å². The van der Waals surface area contributed by atoms with Crippen molar-refractivity contribution in [2.75, 3.05) is 14.2 Å². The van der Waals surface area contributed by atoms with E-state index in [2.05, 4.69) is 5.32 Å². The first kappa shape index (κ1) is 20.4. The fourth-order valence-corrected chi connectivity index (χ4v) is 3.85. The molecule has 3 aromatic rings. The molecule has 0 fully saturated rings. The van der Waals surface area contributed by atoms with Crippen LogP contribution in [0.1, 0.15) is 33.5 Å².